The number of hydrogen-bond donors (Lipinski definition) is 0. The Morgan fingerprint density at radius 2 is 2.22 bits per heavy atom. The molecule has 0 spiro atoms. The molecule has 3 nitrogen and oxygen atoms in total. The van der Waals surface area contributed by atoms with Crippen LogP contribution in [0.3, 0.4) is 0 Å². The summed E-state index contributed by atoms with van der Waals surface area (Å²) < 4.78 is 0. The molecule has 0 aromatic carbocycles. The minimum absolute atomic E-state index is 0.262. The summed E-state index contributed by atoms with van der Waals surface area (Å²) in [6.45, 7) is 1.84. The fourth-order valence-corrected chi connectivity index (χ4v) is 1.13. The maximum Gasteiger partial charge on any atom is 0.245 e. The van der Waals surface area contributed by atoms with Crippen LogP contribution in [0.4, 0.5) is 0 Å². The van der Waals surface area contributed by atoms with Crippen LogP contribution in [0.25, 0.3) is 0 Å². The van der Waals surface area contributed by atoms with Gasteiger partial charge in [0.15, 0.2) is 0 Å². The third-order valence-corrected chi connectivity index (χ3v) is 1.68. The van der Waals surface area contributed by atoms with E-state index in [1.54, 1.807) is 0 Å². The van der Waals surface area contributed by atoms with E-state index in [1.807, 2.05) is 6.92 Å². The first kappa shape index (κ1) is 6.26. The van der Waals surface area contributed by atoms with Gasteiger partial charge in [0.1, 0.15) is 0 Å². The molecule has 0 aromatic heterocycles. The highest BCUT2D eigenvalue weighted by Crippen LogP contribution is 2.24. The van der Waals surface area contributed by atoms with Crippen LogP contribution in [0.2, 0.25) is 0 Å². The van der Waals surface area contributed by atoms with Crippen molar-refractivity contribution in [3.8, 4) is 0 Å². The summed E-state index contributed by atoms with van der Waals surface area (Å²) in [5, 5.41) is 10.2. The van der Waals surface area contributed by atoms with Crippen molar-refractivity contribution in [3.63, 3.8) is 0 Å². The molecule has 9 heavy (non-hydrogen) atoms. The van der Waals surface area contributed by atoms with Crippen molar-refractivity contribution in [2.24, 2.45) is 0 Å². The van der Waals surface area contributed by atoms with E-state index in [1.165, 1.54) is 0 Å². The molecule has 3 heteroatoms. The van der Waals surface area contributed by atoms with Crippen molar-refractivity contribution in [3.05, 3.63) is 21.4 Å². The second kappa shape index (κ2) is 2.17. The number of hydrogen-bond acceptors (Lipinski definition) is 2. The van der Waals surface area contributed by atoms with Gasteiger partial charge in [-0.1, -0.05) is 0 Å². The average molecular weight is 127 g/mol. The largest absolute Gasteiger partial charge is 0.259 e. The lowest BCUT2D eigenvalue weighted by molar-refractivity contribution is -0.427. The fourth-order valence-electron chi connectivity index (χ4n) is 1.13. The summed E-state index contributed by atoms with van der Waals surface area (Å²) >= 11 is 0. The Bertz CT molecular complexity index is 172. The predicted molar refractivity (Wildman–Crippen MR) is 33.5 cm³/mol. The molecule has 0 N–H and O–H groups in total. The Morgan fingerprint density at radius 3 is 2.44 bits per heavy atom. The molecule has 0 heterocycles. The topological polar surface area (TPSA) is 43.1 Å². The van der Waals surface area contributed by atoms with Crippen LogP contribution in [0.15, 0.2) is 11.3 Å². The third-order valence-electron chi connectivity index (χ3n) is 1.68. The van der Waals surface area contributed by atoms with Gasteiger partial charge in [0.05, 0.1) is 4.92 Å². The Hall–Kier alpha value is -0.860. The maximum absolute atomic E-state index is 10.2. The van der Waals surface area contributed by atoms with E-state index in [0.29, 0.717) is 12.1 Å². The molecule has 0 bridgehead atoms. The van der Waals surface area contributed by atoms with Gasteiger partial charge in [-0.2, -0.15) is 0 Å². The summed E-state index contributed by atoms with van der Waals surface area (Å²) in [7, 11) is 0. The molecule has 0 fully saturated rings. The van der Waals surface area contributed by atoms with Crippen LogP contribution in [0.5, 0.6) is 0 Å². The van der Waals surface area contributed by atoms with Crippen LogP contribution < -0.4 is 0 Å². The summed E-state index contributed by atoms with van der Waals surface area (Å²) in [4.78, 5) is 9.90. The first-order chi connectivity index (χ1) is 4.22. The quantitative estimate of drug-likeness (QED) is 0.397. The van der Waals surface area contributed by atoms with Gasteiger partial charge in [-0.15, -0.1) is 0 Å². The van der Waals surface area contributed by atoms with E-state index in [4.69, 9.17) is 0 Å². The summed E-state index contributed by atoms with van der Waals surface area (Å²) in [5.41, 5.74) is 1.40. The SMILES string of the molecule is CC1=C([N+](=O)[O-])CCC1. The summed E-state index contributed by atoms with van der Waals surface area (Å²) in [6.07, 6.45) is 2.54. The predicted octanol–water partition coefficient (Wildman–Crippen LogP) is 1.72. The third kappa shape index (κ3) is 1.09. The molecule has 1 aliphatic rings. The molecule has 50 valence electrons. The molecule has 0 amide bonds. The van der Waals surface area contributed by atoms with E-state index in [-0.39, 0.29) is 4.92 Å². The minimum atomic E-state index is -0.262. The molecule has 0 aliphatic heterocycles. The van der Waals surface area contributed by atoms with E-state index in [2.05, 4.69) is 0 Å². The molecule has 0 unspecified atom stereocenters. The lowest BCUT2D eigenvalue weighted by Crippen LogP contribution is -1.95. The van der Waals surface area contributed by atoms with Crippen molar-refractivity contribution in [1.29, 1.82) is 0 Å². The molecular weight excluding hydrogens is 118 g/mol. The van der Waals surface area contributed by atoms with Gasteiger partial charge in [0.2, 0.25) is 5.70 Å². The van der Waals surface area contributed by atoms with E-state index in [9.17, 15) is 10.1 Å². The Balaban J connectivity index is 2.78. The normalized spacial score (nSPS) is 18.8. The Kier molecular flexibility index (Phi) is 1.51. The lowest BCUT2D eigenvalue weighted by atomic mass is 10.3. The van der Waals surface area contributed by atoms with Crippen LogP contribution in [0.1, 0.15) is 26.2 Å². The van der Waals surface area contributed by atoms with Crippen molar-refractivity contribution >= 4 is 0 Å². The average Bonchev–Trinajstić information content (AvgIpc) is 2.13. The van der Waals surface area contributed by atoms with Gasteiger partial charge < -0.3 is 0 Å². The van der Waals surface area contributed by atoms with Crippen molar-refractivity contribution in [1.82, 2.24) is 0 Å². The number of nitro groups is 1. The molecule has 0 atom stereocenters. The first-order valence-electron chi connectivity index (χ1n) is 3.05. The highest BCUT2D eigenvalue weighted by atomic mass is 16.6. The van der Waals surface area contributed by atoms with Gasteiger partial charge in [-0.05, 0) is 25.3 Å². The Labute approximate surface area is 53.5 Å². The molecule has 0 saturated heterocycles. The molecule has 0 radical (unpaired) electrons. The van der Waals surface area contributed by atoms with Crippen LogP contribution in [-0.4, -0.2) is 4.92 Å². The van der Waals surface area contributed by atoms with Gasteiger partial charge in [-0.3, -0.25) is 10.1 Å². The highest BCUT2D eigenvalue weighted by Gasteiger charge is 2.20. The molecule has 1 rings (SSSR count). The van der Waals surface area contributed by atoms with Gasteiger partial charge in [0, 0.05) is 6.42 Å². The molecule has 1 aliphatic carbocycles. The van der Waals surface area contributed by atoms with E-state index < -0.39 is 0 Å². The van der Waals surface area contributed by atoms with Crippen molar-refractivity contribution in [2.75, 3.05) is 0 Å². The van der Waals surface area contributed by atoms with E-state index >= 15 is 0 Å². The zero-order valence-electron chi connectivity index (χ0n) is 5.39. The minimum Gasteiger partial charge on any atom is -0.259 e. The maximum atomic E-state index is 10.2. The Morgan fingerprint density at radius 1 is 1.56 bits per heavy atom. The van der Waals surface area contributed by atoms with Crippen LogP contribution in [-0.2, 0) is 0 Å². The van der Waals surface area contributed by atoms with E-state index in [0.717, 1.165) is 18.4 Å². The second-order valence-corrected chi connectivity index (χ2v) is 2.34. The van der Waals surface area contributed by atoms with Crippen molar-refractivity contribution in [2.45, 2.75) is 26.2 Å². The van der Waals surface area contributed by atoms with Gasteiger partial charge in [0.25, 0.3) is 0 Å². The zero-order valence-corrected chi connectivity index (χ0v) is 5.39. The molecule has 0 saturated carbocycles. The first-order valence-corrected chi connectivity index (χ1v) is 3.05. The number of rotatable bonds is 1. The fraction of sp³-hybridized carbons (Fsp3) is 0.667. The number of nitrogens with zero attached hydrogens (tertiary/aromatic N) is 1. The standard InChI is InChI=1S/C6H9NO2/c1-5-3-2-4-6(5)7(8)9/h2-4H2,1H3. The van der Waals surface area contributed by atoms with Gasteiger partial charge >= 0.3 is 0 Å². The highest BCUT2D eigenvalue weighted by molar-refractivity contribution is 5.10. The summed E-state index contributed by atoms with van der Waals surface area (Å²) in [6, 6.07) is 0. The molecular formula is C6H9NO2. The van der Waals surface area contributed by atoms with Crippen molar-refractivity contribution < 1.29 is 4.92 Å². The zero-order chi connectivity index (χ0) is 6.85. The second-order valence-electron chi connectivity index (χ2n) is 2.34. The summed E-state index contributed by atoms with van der Waals surface area (Å²) in [5.74, 6) is 0. The lowest BCUT2D eigenvalue weighted by Gasteiger charge is -1.88. The van der Waals surface area contributed by atoms with Crippen LogP contribution >= 0.6 is 0 Å². The monoisotopic (exact) mass is 127 g/mol. The smallest absolute Gasteiger partial charge is 0.245 e. The molecule has 0 aromatic rings. The van der Waals surface area contributed by atoms with Gasteiger partial charge in [-0.25, -0.2) is 0 Å². The number of allylic oxidation sites excluding steroid dienone is 2. The van der Waals surface area contributed by atoms with Crippen LogP contribution in [0, 0.1) is 10.1 Å².